The maximum atomic E-state index is 11.2. The molecule has 0 aliphatic rings. The highest BCUT2D eigenvalue weighted by molar-refractivity contribution is 6.32. The van der Waals surface area contributed by atoms with Gasteiger partial charge in [-0.25, -0.2) is 0 Å². The van der Waals surface area contributed by atoms with Crippen molar-refractivity contribution in [3.63, 3.8) is 0 Å². The first kappa shape index (κ1) is 17.6. The van der Waals surface area contributed by atoms with E-state index in [1.54, 1.807) is 14.2 Å². The van der Waals surface area contributed by atoms with Gasteiger partial charge in [0.1, 0.15) is 0 Å². The molecule has 0 atom stereocenters. The molecule has 0 aliphatic carbocycles. The summed E-state index contributed by atoms with van der Waals surface area (Å²) < 4.78 is 10.7. The minimum atomic E-state index is -0.230. The second kappa shape index (κ2) is 7.52. The summed E-state index contributed by atoms with van der Waals surface area (Å²) in [5, 5.41) is 6.28. The van der Waals surface area contributed by atoms with Gasteiger partial charge in [-0.15, -0.1) is 0 Å². The van der Waals surface area contributed by atoms with Crippen molar-refractivity contribution in [1.29, 1.82) is 0 Å². The number of nitrogens with one attached hydrogen (secondary N) is 2. The van der Waals surface area contributed by atoms with E-state index >= 15 is 0 Å². The predicted molar refractivity (Wildman–Crippen MR) is 84.2 cm³/mol. The highest BCUT2D eigenvalue weighted by Crippen LogP contribution is 2.36. The van der Waals surface area contributed by atoms with Crippen LogP contribution in [0.1, 0.15) is 26.3 Å². The summed E-state index contributed by atoms with van der Waals surface area (Å²) in [6.07, 6.45) is 0. The van der Waals surface area contributed by atoms with E-state index < -0.39 is 0 Å². The van der Waals surface area contributed by atoms with Crippen LogP contribution in [0.15, 0.2) is 12.1 Å². The monoisotopic (exact) mass is 314 g/mol. The van der Waals surface area contributed by atoms with E-state index in [0.29, 0.717) is 23.1 Å². The van der Waals surface area contributed by atoms with Gasteiger partial charge in [-0.05, 0) is 38.5 Å². The fourth-order valence-electron chi connectivity index (χ4n) is 1.59. The molecule has 1 amide bonds. The molecule has 0 unspecified atom stereocenters. The minimum Gasteiger partial charge on any atom is -0.493 e. The molecular weight excluding hydrogens is 292 g/mol. The number of carbonyl (C=O) groups is 1. The Morgan fingerprint density at radius 3 is 2.52 bits per heavy atom. The third-order valence-electron chi connectivity index (χ3n) is 2.74. The Bertz CT molecular complexity index is 498. The summed E-state index contributed by atoms with van der Waals surface area (Å²) in [6.45, 7) is 6.83. The lowest BCUT2D eigenvalue weighted by atomic mass is 10.1. The second-order valence-corrected chi connectivity index (χ2v) is 6.08. The van der Waals surface area contributed by atoms with E-state index in [-0.39, 0.29) is 18.1 Å². The molecule has 0 aliphatic heterocycles. The van der Waals surface area contributed by atoms with Gasteiger partial charge >= 0.3 is 0 Å². The number of amides is 1. The van der Waals surface area contributed by atoms with Gasteiger partial charge in [0.15, 0.2) is 18.1 Å². The molecule has 1 aromatic carbocycles. The van der Waals surface area contributed by atoms with Gasteiger partial charge in [0.25, 0.3) is 5.91 Å². The van der Waals surface area contributed by atoms with E-state index in [0.717, 1.165) is 5.56 Å². The van der Waals surface area contributed by atoms with Crippen molar-refractivity contribution < 1.29 is 14.3 Å². The van der Waals surface area contributed by atoms with Gasteiger partial charge in [-0.1, -0.05) is 11.6 Å². The molecule has 0 saturated heterocycles. The molecule has 0 saturated carbocycles. The average molecular weight is 315 g/mol. The standard InChI is InChI=1S/C15H23ClN2O3/c1-15(2,3)18-8-10-6-11(16)14(12(7-10)20-5)21-9-13(19)17-4/h6-7,18H,8-9H2,1-5H3,(H,17,19). The maximum Gasteiger partial charge on any atom is 0.257 e. The minimum absolute atomic E-state index is 0.00803. The van der Waals surface area contributed by atoms with Gasteiger partial charge in [-0.3, -0.25) is 4.79 Å². The molecule has 6 heteroatoms. The molecule has 21 heavy (non-hydrogen) atoms. The van der Waals surface area contributed by atoms with Crippen molar-refractivity contribution in [3.8, 4) is 11.5 Å². The van der Waals surface area contributed by atoms with Crippen LogP contribution in [-0.2, 0) is 11.3 Å². The number of likely N-dealkylation sites (N-methyl/N-ethyl adjacent to an activating group) is 1. The zero-order chi connectivity index (χ0) is 16.0. The molecule has 0 spiro atoms. The average Bonchev–Trinajstić information content (AvgIpc) is 2.42. The van der Waals surface area contributed by atoms with Gasteiger partial charge in [-0.2, -0.15) is 0 Å². The summed E-state index contributed by atoms with van der Waals surface area (Å²) in [4.78, 5) is 11.2. The summed E-state index contributed by atoms with van der Waals surface area (Å²) in [5.74, 6) is 0.658. The van der Waals surface area contributed by atoms with Gasteiger partial charge in [0.05, 0.1) is 12.1 Å². The Labute approximate surface area is 131 Å². The lowest BCUT2D eigenvalue weighted by Crippen LogP contribution is -2.35. The van der Waals surface area contributed by atoms with Gasteiger partial charge in [0, 0.05) is 19.1 Å². The van der Waals surface area contributed by atoms with Crippen LogP contribution in [0.5, 0.6) is 11.5 Å². The number of hydrogen-bond acceptors (Lipinski definition) is 4. The Hall–Kier alpha value is -1.46. The molecular formula is C15H23ClN2O3. The summed E-state index contributed by atoms with van der Waals surface area (Å²) in [5.41, 5.74) is 0.993. The first-order valence-corrected chi connectivity index (χ1v) is 7.09. The number of methoxy groups -OCH3 is 1. The predicted octanol–water partition coefficient (Wildman–Crippen LogP) is 2.36. The molecule has 0 heterocycles. The van der Waals surface area contributed by atoms with Crippen LogP contribution in [0, 0.1) is 0 Å². The lowest BCUT2D eigenvalue weighted by Gasteiger charge is -2.21. The van der Waals surface area contributed by atoms with Crippen molar-refractivity contribution in [2.75, 3.05) is 20.8 Å². The van der Waals surface area contributed by atoms with Gasteiger partial charge in [0.2, 0.25) is 0 Å². The van der Waals surface area contributed by atoms with Gasteiger partial charge < -0.3 is 20.1 Å². The molecule has 118 valence electrons. The van der Waals surface area contributed by atoms with Crippen LogP contribution in [-0.4, -0.2) is 32.2 Å². The summed E-state index contributed by atoms with van der Waals surface area (Å²) in [7, 11) is 3.09. The number of ether oxygens (including phenoxy) is 2. The molecule has 2 N–H and O–H groups in total. The molecule has 0 radical (unpaired) electrons. The third kappa shape index (κ3) is 5.81. The van der Waals surface area contributed by atoms with E-state index in [9.17, 15) is 4.79 Å². The summed E-state index contributed by atoms with van der Waals surface area (Å²) >= 11 is 6.23. The van der Waals surface area contributed by atoms with Crippen molar-refractivity contribution in [2.24, 2.45) is 0 Å². The van der Waals surface area contributed by atoms with Crippen LogP contribution < -0.4 is 20.1 Å². The third-order valence-corrected chi connectivity index (χ3v) is 3.02. The van der Waals surface area contributed by atoms with Crippen molar-refractivity contribution in [3.05, 3.63) is 22.7 Å². The highest BCUT2D eigenvalue weighted by atomic mass is 35.5. The zero-order valence-electron chi connectivity index (χ0n) is 13.2. The molecule has 1 aromatic rings. The van der Waals surface area contributed by atoms with Crippen LogP contribution >= 0.6 is 11.6 Å². The second-order valence-electron chi connectivity index (χ2n) is 5.67. The van der Waals surface area contributed by atoms with Crippen molar-refractivity contribution in [1.82, 2.24) is 10.6 Å². The number of rotatable bonds is 6. The Kier molecular flexibility index (Phi) is 6.30. The van der Waals surface area contributed by atoms with Crippen LogP contribution in [0.4, 0.5) is 0 Å². The number of carbonyl (C=O) groups excluding carboxylic acids is 1. The number of benzene rings is 1. The first-order chi connectivity index (χ1) is 9.76. The van der Waals surface area contributed by atoms with Crippen LogP contribution in [0.3, 0.4) is 0 Å². The largest absolute Gasteiger partial charge is 0.493 e. The topological polar surface area (TPSA) is 59.6 Å². The Balaban J connectivity index is 2.89. The molecule has 0 aromatic heterocycles. The molecule has 5 nitrogen and oxygen atoms in total. The lowest BCUT2D eigenvalue weighted by molar-refractivity contribution is -0.122. The number of hydrogen-bond donors (Lipinski definition) is 2. The quantitative estimate of drug-likeness (QED) is 0.846. The Morgan fingerprint density at radius 2 is 2.00 bits per heavy atom. The fourth-order valence-corrected chi connectivity index (χ4v) is 1.88. The number of halogens is 1. The summed E-state index contributed by atoms with van der Waals surface area (Å²) in [6, 6.07) is 3.66. The fraction of sp³-hybridized carbons (Fsp3) is 0.533. The van der Waals surface area contributed by atoms with Crippen molar-refractivity contribution >= 4 is 17.5 Å². The van der Waals surface area contributed by atoms with E-state index in [1.807, 2.05) is 12.1 Å². The SMILES string of the molecule is CNC(=O)COc1c(Cl)cc(CNC(C)(C)C)cc1OC. The van der Waals surface area contributed by atoms with E-state index in [2.05, 4.69) is 31.4 Å². The van der Waals surface area contributed by atoms with E-state index in [4.69, 9.17) is 21.1 Å². The van der Waals surface area contributed by atoms with Crippen LogP contribution in [0.25, 0.3) is 0 Å². The van der Waals surface area contributed by atoms with Crippen molar-refractivity contribution in [2.45, 2.75) is 32.9 Å². The maximum absolute atomic E-state index is 11.2. The van der Waals surface area contributed by atoms with Crippen LogP contribution in [0.2, 0.25) is 5.02 Å². The Morgan fingerprint density at radius 1 is 1.33 bits per heavy atom. The first-order valence-electron chi connectivity index (χ1n) is 6.71. The molecule has 0 bridgehead atoms. The zero-order valence-corrected chi connectivity index (χ0v) is 13.9. The molecule has 1 rings (SSSR count). The molecule has 0 fully saturated rings. The normalized spacial score (nSPS) is 11.1. The highest BCUT2D eigenvalue weighted by Gasteiger charge is 2.15. The smallest absolute Gasteiger partial charge is 0.257 e. The van der Waals surface area contributed by atoms with E-state index in [1.165, 1.54) is 0 Å².